The quantitative estimate of drug-likeness (QED) is 0.361. The molecule has 1 saturated heterocycles. The molecule has 0 aliphatic carbocycles. The Bertz CT molecular complexity index is 1240. The summed E-state index contributed by atoms with van der Waals surface area (Å²) in [6.45, 7) is 3.60. The zero-order chi connectivity index (χ0) is 23.0. The molecule has 3 aromatic rings. The van der Waals surface area contributed by atoms with Gasteiger partial charge in [0.15, 0.2) is 0 Å². The first-order valence-electron chi connectivity index (χ1n) is 10.0. The molecule has 1 fully saturated rings. The maximum absolute atomic E-state index is 13.2. The van der Waals surface area contributed by atoms with Crippen LogP contribution in [0.4, 0.5) is 5.69 Å². The highest BCUT2D eigenvalue weighted by atomic mass is 16.5. The summed E-state index contributed by atoms with van der Waals surface area (Å²) in [7, 11) is 3.08. The van der Waals surface area contributed by atoms with Crippen LogP contribution in [0.5, 0.6) is 11.5 Å². The van der Waals surface area contributed by atoms with Gasteiger partial charge in [0.1, 0.15) is 34.8 Å². The van der Waals surface area contributed by atoms with Gasteiger partial charge in [0, 0.05) is 17.3 Å². The Morgan fingerprint density at radius 2 is 1.78 bits per heavy atom. The molecule has 0 radical (unpaired) electrons. The molecule has 1 unspecified atom stereocenters. The van der Waals surface area contributed by atoms with Gasteiger partial charge >= 0.3 is 0 Å². The number of ketones is 1. The Labute approximate surface area is 185 Å². The number of nitrogens with zero attached hydrogens (tertiary/aromatic N) is 1. The number of carbonyl (C=O) groups excluding carboxylic acids is 2. The average molecular weight is 433 g/mol. The number of ether oxygens (including phenoxy) is 2. The monoisotopic (exact) mass is 433 g/mol. The minimum Gasteiger partial charge on any atom is -0.507 e. The largest absolute Gasteiger partial charge is 0.507 e. The lowest BCUT2D eigenvalue weighted by Gasteiger charge is -2.23. The van der Waals surface area contributed by atoms with E-state index in [0.29, 0.717) is 34.3 Å². The number of aliphatic hydroxyl groups is 1. The van der Waals surface area contributed by atoms with Gasteiger partial charge in [-0.15, -0.1) is 0 Å². The van der Waals surface area contributed by atoms with Crippen LogP contribution in [0.15, 0.2) is 64.6 Å². The summed E-state index contributed by atoms with van der Waals surface area (Å²) in [5.74, 6) is 0.342. The standard InChI is InChI=1S/C25H23NO6/c1-14-12-16(9-11-19(14)31-4)23(27)21-22(20-10-8-15(2)32-20)26(25(29)24(21)28)17-6-5-7-18(13-17)30-3/h5-13,22,27H,1-4H3/b23-21-. The van der Waals surface area contributed by atoms with Crippen LogP contribution >= 0.6 is 0 Å². The molecule has 1 N–H and O–H groups in total. The normalized spacial score (nSPS) is 17.6. The van der Waals surface area contributed by atoms with E-state index in [1.54, 1.807) is 68.6 Å². The summed E-state index contributed by atoms with van der Waals surface area (Å²) in [4.78, 5) is 27.6. The molecule has 1 atom stereocenters. The van der Waals surface area contributed by atoms with Crippen LogP contribution in [0.3, 0.4) is 0 Å². The average Bonchev–Trinajstić information content (AvgIpc) is 3.34. The number of aryl methyl sites for hydroxylation is 2. The predicted octanol–water partition coefficient (Wildman–Crippen LogP) is 4.54. The van der Waals surface area contributed by atoms with Crippen LogP contribution in [0.25, 0.3) is 5.76 Å². The molecular weight excluding hydrogens is 410 g/mol. The van der Waals surface area contributed by atoms with Gasteiger partial charge in [-0.05, 0) is 61.9 Å². The fourth-order valence-corrected chi connectivity index (χ4v) is 3.91. The highest BCUT2D eigenvalue weighted by Crippen LogP contribution is 2.43. The molecule has 0 saturated carbocycles. The van der Waals surface area contributed by atoms with Crippen molar-refractivity contribution >= 4 is 23.1 Å². The molecule has 1 aliphatic heterocycles. The molecule has 1 amide bonds. The van der Waals surface area contributed by atoms with Crippen LogP contribution in [0.2, 0.25) is 0 Å². The molecule has 1 aliphatic rings. The lowest BCUT2D eigenvalue weighted by atomic mass is 9.98. The van der Waals surface area contributed by atoms with Crippen molar-refractivity contribution in [1.82, 2.24) is 0 Å². The molecule has 0 spiro atoms. The summed E-state index contributed by atoms with van der Waals surface area (Å²) in [6.07, 6.45) is 0. The molecular formula is C25H23NO6. The maximum Gasteiger partial charge on any atom is 0.300 e. The van der Waals surface area contributed by atoms with Crippen LogP contribution in [0, 0.1) is 13.8 Å². The Hall–Kier alpha value is -4.00. The minimum absolute atomic E-state index is 0.0447. The van der Waals surface area contributed by atoms with Crippen molar-refractivity contribution in [3.05, 3.63) is 82.8 Å². The van der Waals surface area contributed by atoms with Crippen LogP contribution in [-0.4, -0.2) is 31.0 Å². The van der Waals surface area contributed by atoms with Crippen molar-refractivity contribution in [2.75, 3.05) is 19.1 Å². The number of amides is 1. The third kappa shape index (κ3) is 3.51. The second kappa shape index (κ2) is 8.26. The lowest BCUT2D eigenvalue weighted by Crippen LogP contribution is -2.29. The van der Waals surface area contributed by atoms with E-state index in [2.05, 4.69) is 0 Å². The highest BCUT2D eigenvalue weighted by Gasteiger charge is 2.48. The van der Waals surface area contributed by atoms with E-state index < -0.39 is 17.7 Å². The van der Waals surface area contributed by atoms with E-state index >= 15 is 0 Å². The number of anilines is 1. The van der Waals surface area contributed by atoms with Gasteiger partial charge in [-0.1, -0.05) is 6.07 Å². The summed E-state index contributed by atoms with van der Waals surface area (Å²) in [6, 6.07) is 14.4. The second-order valence-corrected chi connectivity index (χ2v) is 7.50. The van der Waals surface area contributed by atoms with E-state index in [9.17, 15) is 14.7 Å². The fourth-order valence-electron chi connectivity index (χ4n) is 3.91. The topological polar surface area (TPSA) is 89.2 Å². The Morgan fingerprint density at radius 1 is 1.00 bits per heavy atom. The summed E-state index contributed by atoms with van der Waals surface area (Å²) < 4.78 is 16.4. The number of aliphatic hydroxyl groups excluding tert-OH is 1. The van der Waals surface area contributed by atoms with E-state index in [-0.39, 0.29) is 11.3 Å². The number of carbonyl (C=O) groups is 2. The number of methoxy groups -OCH3 is 2. The molecule has 32 heavy (non-hydrogen) atoms. The second-order valence-electron chi connectivity index (χ2n) is 7.50. The molecule has 4 rings (SSSR count). The summed E-state index contributed by atoms with van der Waals surface area (Å²) >= 11 is 0. The maximum atomic E-state index is 13.2. The lowest BCUT2D eigenvalue weighted by molar-refractivity contribution is -0.132. The number of furan rings is 1. The summed E-state index contributed by atoms with van der Waals surface area (Å²) in [5, 5.41) is 11.2. The minimum atomic E-state index is -0.932. The third-order valence-electron chi connectivity index (χ3n) is 5.47. The van der Waals surface area contributed by atoms with Gasteiger partial charge in [0.05, 0.1) is 19.8 Å². The zero-order valence-electron chi connectivity index (χ0n) is 18.2. The van der Waals surface area contributed by atoms with Crippen molar-refractivity contribution in [2.24, 2.45) is 0 Å². The summed E-state index contributed by atoms with van der Waals surface area (Å²) in [5.41, 5.74) is 1.59. The van der Waals surface area contributed by atoms with Gasteiger partial charge in [-0.3, -0.25) is 14.5 Å². The third-order valence-corrected chi connectivity index (χ3v) is 5.47. The first kappa shape index (κ1) is 21.2. The van der Waals surface area contributed by atoms with Crippen LogP contribution in [-0.2, 0) is 9.59 Å². The Morgan fingerprint density at radius 3 is 2.41 bits per heavy atom. The molecule has 164 valence electrons. The van der Waals surface area contributed by atoms with Crippen molar-refractivity contribution in [3.8, 4) is 11.5 Å². The SMILES string of the molecule is COc1cccc(N2C(=O)C(=O)/C(=C(\O)c3ccc(OC)c(C)c3)C2c2ccc(C)o2)c1. The van der Waals surface area contributed by atoms with Crippen molar-refractivity contribution in [3.63, 3.8) is 0 Å². The molecule has 1 aromatic heterocycles. The van der Waals surface area contributed by atoms with Crippen molar-refractivity contribution in [2.45, 2.75) is 19.9 Å². The fraction of sp³-hybridized carbons (Fsp3) is 0.200. The molecule has 2 aromatic carbocycles. The van der Waals surface area contributed by atoms with Crippen LogP contribution < -0.4 is 14.4 Å². The Kier molecular flexibility index (Phi) is 5.48. The number of benzene rings is 2. The van der Waals surface area contributed by atoms with Gasteiger partial charge in [0.2, 0.25) is 0 Å². The van der Waals surface area contributed by atoms with Crippen molar-refractivity contribution in [1.29, 1.82) is 0 Å². The van der Waals surface area contributed by atoms with Gasteiger partial charge in [0.25, 0.3) is 11.7 Å². The molecule has 7 nitrogen and oxygen atoms in total. The first-order valence-corrected chi connectivity index (χ1v) is 10.0. The number of Topliss-reactive ketones (excluding diaryl/α,β-unsaturated/α-hetero) is 1. The van der Waals surface area contributed by atoms with Gasteiger partial charge in [-0.2, -0.15) is 0 Å². The van der Waals surface area contributed by atoms with E-state index in [1.165, 1.54) is 12.0 Å². The predicted molar refractivity (Wildman–Crippen MR) is 119 cm³/mol. The van der Waals surface area contributed by atoms with E-state index in [0.717, 1.165) is 5.56 Å². The van der Waals surface area contributed by atoms with E-state index in [4.69, 9.17) is 13.9 Å². The molecule has 0 bridgehead atoms. The number of hydrogen-bond donors (Lipinski definition) is 1. The van der Waals surface area contributed by atoms with Gasteiger partial charge in [-0.25, -0.2) is 0 Å². The highest BCUT2D eigenvalue weighted by molar-refractivity contribution is 6.51. The van der Waals surface area contributed by atoms with Crippen LogP contribution in [0.1, 0.15) is 28.7 Å². The Balaban J connectivity index is 1.92. The van der Waals surface area contributed by atoms with Crippen molar-refractivity contribution < 1.29 is 28.6 Å². The van der Waals surface area contributed by atoms with E-state index in [1.807, 2.05) is 6.92 Å². The number of rotatable bonds is 5. The number of hydrogen-bond acceptors (Lipinski definition) is 6. The zero-order valence-corrected chi connectivity index (χ0v) is 18.2. The molecule has 2 heterocycles. The first-order chi connectivity index (χ1) is 15.3. The molecule has 7 heteroatoms. The van der Waals surface area contributed by atoms with Gasteiger partial charge < -0.3 is 19.0 Å². The smallest absolute Gasteiger partial charge is 0.300 e.